The molecule has 1 amide bonds. The third kappa shape index (κ3) is 3.88. The minimum Gasteiger partial charge on any atom is -0.497 e. The maximum atomic E-state index is 13.3. The molecule has 1 heterocycles. The summed E-state index contributed by atoms with van der Waals surface area (Å²) < 4.78 is 6.87. The topological polar surface area (TPSA) is 64.4 Å². The molecule has 0 fully saturated rings. The summed E-state index contributed by atoms with van der Waals surface area (Å²) in [6.45, 7) is 6.89. The Hall–Kier alpha value is -3.15. The van der Waals surface area contributed by atoms with Crippen LogP contribution in [0.3, 0.4) is 0 Å². The monoisotopic (exact) mass is 393 g/mol. The molecule has 0 radical (unpaired) electrons. The van der Waals surface area contributed by atoms with Crippen molar-refractivity contribution in [3.63, 3.8) is 0 Å². The van der Waals surface area contributed by atoms with Crippen LogP contribution in [0, 0.1) is 0 Å². The molecule has 2 aromatic carbocycles. The first kappa shape index (κ1) is 20.6. The second-order valence-electron chi connectivity index (χ2n) is 6.78. The highest BCUT2D eigenvalue weighted by atomic mass is 16.5. The Labute approximate surface area is 170 Å². The zero-order chi connectivity index (χ0) is 21.0. The molecule has 29 heavy (non-hydrogen) atoms. The van der Waals surface area contributed by atoms with E-state index in [1.807, 2.05) is 39.0 Å². The van der Waals surface area contributed by atoms with Crippen LogP contribution in [-0.2, 0) is 6.54 Å². The van der Waals surface area contributed by atoms with E-state index in [1.54, 1.807) is 46.9 Å². The number of aromatic nitrogens is 2. The molecule has 0 spiro atoms. The summed E-state index contributed by atoms with van der Waals surface area (Å²) in [5, 5.41) is 0.595. The van der Waals surface area contributed by atoms with E-state index < -0.39 is 0 Å². The van der Waals surface area contributed by atoms with Gasteiger partial charge in [0.1, 0.15) is 11.6 Å². The van der Waals surface area contributed by atoms with Crippen molar-refractivity contribution in [2.75, 3.05) is 13.7 Å². The number of carbonyl (C=O) groups excluding carboxylic acids is 1. The van der Waals surface area contributed by atoms with Crippen LogP contribution in [-0.4, -0.2) is 34.0 Å². The van der Waals surface area contributed by atoms with Crippen LogP contribution in [0.25, 0.3) is 10.9 Å². The van der Waals surface area contributed by atoms with Crippen molar-refractivity contribution in [1.82, 2.24) is 14.5 Å². The maximum Gasteiger partial charge on any atom is 0.261 e. The fourth-order valence-corrected chi connectivity index (χ4v) is 3.69. The third-order valence-electron chi connectivity index (χ3n) is 5.21. The number of amides is 1. The second kappa shape index (κ2) is 8.90. The van der Waals surface area contributed by atoms with Crippen LogP contribution in [0.15, 0.2) is 53.3 Å². The van der Waals surface area contributed by atoms with Gasteiger partial charge in [0.25, 0.3) is 11.5 Å². The minimum absolute atomic E-state index is 0.0699. The number of hydrogen-bond acceptors (Lipinski definition) is 4. The summed E-state index contributed by atoms with van der Waals surface area (Å²) in [5.74, 6) is 1.24. The van der Waals surface area contributed by atoms with Gasteiger partial charge in [-0.25, -0.2) is 4.98 Å². The Morgan fingerprint density at radius 1 is 1.10 bits per heavy atom. The highest BCUT2D eigenvalue weighted by Crippen LogP contribution is 2.26. The van der Waals surface area contributed by atoms with Gasteiger partial charge in [-0.2, -0.15) is 0 Å². The van der Waals surface area contributed by atoms with E-state index in [9.17, 15) is 9.59 Å². The van der Waals surface area contributed by atoms with Crippen molar-refractivity contribution in [2.24, 2.45) is 0 Å². The Kier molecular flexibility index (Phi) is 6.32. The molecule has 0 saturated heterocycles. The van der Waals surface area contributed by atoms with Gasteiger partial charge in [0.15, 0.2) is 0 Å². The van der Waals surface area contributed by atoms with Gasteiger partial charge < -0.3 is 9.64 Å². The number of rotatable bonds is 7. The van der Waals surface area contributed by atoms with E-state index in [2.05, 4.69) is 0 Å². The number of fused-ring (bicyclic) bond motifs is 1. The van der Waals surface area contributed by atoms with Crippen LogP contribution in [0.2, 0.25) is 0 Å². The van der Waals surface area contributed by atoms with Crippen LogP contribution >= 0.6 is 0 Å². The predicted molar refractivity (Wildman–Crippen MR) is 114 cm³/mol. The molecular weight excluding hydrogens is 366 g/mol. The van der Waals surface area contributed by atoms with Crippen LogP contribution < -0.4 is 10.3 Å². The molecule has 152 valence electrons. The van der Waals surface area contributed by atoms with Crippen molar-refractivity contribution in [1.29, 1.82) is 0 Å². The maximum absolute atomic E-state index is 13.3. The zero-order valence-corrected chi connectivity index (χ0v) is 17.4. The number of para-hydroxylation sites is 1. The lowest BCUT2D eigenvalue weighted by Gasteiger charge is -2.31. The molecule has 0 saturated carbocycles. The minimum atomic E-state index is -0.299. The number of ether oxygens (including phenoxy) is 1. The molecule has 3 aromatic rings. The molecule has 6 nitrogen and oxygen atoms in total. The molecule has 1 aromatic heterocycles. The van der Waals surface area contributed by atoms with E-state index >= 15 is 0 Å². The predicted octanol–water partition coefficient (Wildman–Crippen LogP) is 4.04. The Morgan fingerprint density at radius 3 is 2.38 bits per heavy atom. The molecule has 3 rings (SSSR count). The van der Waals surface area contributed by atoms with Crippen LogP contribution in [0.1, 0.15) is 49.4 Å². The lowest BCUT2D eigenvalue weighted by molar-refractivity contribution is 0.0669. The number of methoxy groups -OCH3 is 1. The Morgan fingerprint density at radius 2 is 1.79 bits per heavy atom. The van der Waals surface area contributed by atoms with Crippen LogP contribution in [0.4, 0.5) is 0 Å². The molecule has 0 N–H and O–H groups in total. The molecule has 1 atom stereocenters. The lowest BCUT2D eigenvalue weighted by atomic mass is 10.1. The largest absolute Gasteiger partial charge is 0.497 e. The molecule has 0 bridgehead atoms. The van der Waals surface area contributed by atoms with Crippen molar-refractivity contribution >= 4 is 16.8 Å². The van der Waals surface area contributed by atoms with Crippen molar-refractivity contribution in [2.45, 2.75) is 39.8 Å². The fourth-order valence-electron chi connectivity index (χ4n) is 3.69. The van der Waals surface area contributed by atoms with E-state index in [1.165, 1.54) is 0 Å². The van der Waals surface area contributed by atoms with Gasteiger partial charge in [0, 0.05) is 18.7 Å². The average molecular weight is 393 g/mol. The third-order valence-corrected chi connectivity index (χ3v) is 5.21. The highest BCUT2D eigenvalue weighted by Gasteiger charge is 2.27. The van der Waals surface area contributed by atoms with Crippen LogP contribution in [0.5, 0.6) is 5.75 Å². The smallest absolute Gasteiger partial charge is 0.261 e. The van der Waals surface area contributed by atoms with E-state index in [4.69, 9.17) is 9.72 Å². The van der Waals surface area contributed by atoms with Gasteiger partial charge in [-0.05, 0) is 56.7 Å². The summed E-state index contributed by atoms with van der Waals surface area (Å²) in [6.07, 6.45) is 0.653. The van der Waals surface area contributed by atoms with Gasteiger partial charge in [0.2, 0.25) is 0 Å². The van der Waals surface area contributed by atoms with Crippen molar-refractivity contribution in [3.8, 4) is 5.75 Å². The van der Waals surface area contributed by atoms with Gasteiger partial charge in [-0.3, -0.25) is 14.2 Å². The first-order valence-corrected chi connectivity index (χ1v) is 10.00. The number of nitrogens with zero attached hydrogens (tertiary/aromatic N) is 3. The number of carbonyl (C=O) groups is 1. The standard InChI is InChI=1S/C23H27N3O3/c1-5-20(25(6-2)22(27)16-12-14-17(29-4)15-13-16)21-24-19-11-9-8-10-18(19)23(28)26(21)7-3/h8-15,20H,5-7H2,1-4H3. The first-order chi connectivity index (χ1) is 14.0. The van der Waals surface area contributed by atoms with E-state index in [0.29, 0.717) is 47.6 Å². The van der Waals surface area contributed by atoms with Crippen molar-refractivity contribution < 1.29 is 9.53 Å². The molecule has 6 heteroatoms. The summed E-state index contributed by atoms with van der Waals surface area (Å²) in [4.78, 5) is 32.9. The van der Waals surface area contributed by atoms with Crippen molar-refractivity contribution in [3.05, 3.63) is 70.3 Å². The lowest BCUT2D eigenvalue weighted by Crippen LogP contribution is -2.38. The summed E-state index contributed by atoms with van der Waals surface area (Å²) in [6, 6.07) is 14.1. The van der Waals surface area contributed by atoms with E-state index in [-0.39, 0.29) is 17.5 Å². The SMILES string of the molecule is CCC(c1nc2ccccc2c(=O)n1CC)N(CC)C(=O)c1ccc(OC)cc1. The summed E-state index contributed by atoms with van der Waals surface area (Å²) >= 11 is 0. The van der Waals surface area contributed by atoms with E-state index in [0.717, 1.165) is 0 Å². The zero-order valence-electron chi connectivity index (χ0n) is 17.4. The van der Waals surface area contributed by atoms with Gasteiger partial charge in [-0.15, -0.1) is 0 Å². The van der Waals surface area contributed by atoms with Gasteiger partial charge in [0.05, 0.1) is 24.1 Å². The normalized spacial score (nSPS) is 12.0. The molecule has 1 unspecified atom stereocenters. The average Bonchev–Trinajstić information content (AvgIpc) is 2.77. The molecular formula is C23H27N3O3. The van der Waals surface area contributed by atoms with Gasteiger partial charge in [-0.1, -0.05) is 19.1 Å². The number of benzene rings is 2. The second-order valence-corrected chi connectivity index (χ2v) is 6.78. The van der Waals surface area contributed by atoms with Gasteiger partial charge >= 0.3 is 0 Å². The highest BCUT2D eigenvalue weighted by molar-refractivity contribution is 5.94. The summed E-state index contributed by atoms with van der Waals surface area (Å²) in [5.41, 5.74) is 1.17. The molecule has 0 aliphatic carbocycles. The Balaban J connectivity index is 2.08. The Bertz CT molecular complexity index is 1060. The molecule has 0 aliphatic rings. The quantitative estimate of drug-likeness (QED) is 0.608. The molecule has 0 aliphatic heterocycles. The fraction of sp³-hybridized carbons (Fsp3) is 0.348. The first-order valence-electron chi connectivity index (χ1n) is 10.00. The number of hydrogen-bond donors (Lipinski definition) is 0. The summed E-state index contributed by atoms with van der Waals surface area (Å²) in [7, 11) is 1.59.